The Hall–Kier alpha value is -2.79. The van der Waals surface area contributed by atoms with Gasteiger partial charge in [0.25, 0.3) is 0 Å². The van der Waals surface area contributed by atoms with Crippen LogP contribution >= 0.6 is 23.1 Å². The number of nitrogens with zero attached hydrogens (tertiary/aromatic N) is 2. The van der Waals surface area contributed by atoms with E-state index in [4.69, 9.17) is 15.5 Å². The lowest BCUT2D eigenvalue weighted by atomic mass is 9.88. The van der Waals surface area contributed by atoms with E-state index in [0.717, 1.165) is 64.0 Å². The summed E-state index contributed by atoms with van der Waals surface area (Å²) in [6.45, 7) is 0. The zero-order valence-electron chi connectivity index (χ0n) is 19.3. The van der Waals surface area contributed by atoms with E-state index < -0.39 is 17.8 Å². The third kappa shape index (κ3) is 6.12. The molecule has 2 saturated carbocycles. The first-order chi connectivity index (χ1) is 17.2. The number of rotatable bonds is 7. The van der Waals surface area contributed by atoms with Gasteiger partial charge in [0.2, 0.25) is 0 Å². The van der Waals surface area contributed by atoms with Crippen molar-refractivity contribution in [3.63, 3.8) is 0 Å². The highest BCUT2D eigenvalue weighted by atomic mass is 32.2. The number of amides is 1. The Morgan fingerprint density at radius 3 is 2.47 bits per heavy atom. The van der Waals surface area contributed by atoms with Gasteiger partial charge in [-0.2, -0.15) is 13.2 Å². The number of alkyl halides is 3. The van der Waals surface area contributed by atoms with Crippen molar-refractivity contribution in [1.82, 2.24) is 9.97 Å². The number of nitrogens with two attached hydrogens (primary N) is 1. The predicted octanol–water partition coefficient (Wildman–Crippen LogP) is 7.34. The number of hydrogen-bond donors (Lipinski definition) is 2. The van der Waals surface area contributed by atoms with Crippen LogP contribution in [-0.2, 0) is 10.9 Å². The third-order valence-electron chi connectivity index (χ3n) is 6.26. The molecule has 190 valence electrons. The number of primary amides is 1. The maximum absolute atomic E-state index is 12.8. The Kier molecular flexibility index (Phi) is 7.11. The molecular formula is C25H25F3N4O2S2. The lowest BCUT2D eigenvalue weighted by Crippen LogP contribution is -2.26. The standard InChI is InChI=1S/C25H25F3N4O2S2/c26-25(27,28)15-3-10-22(30-12-15)32-16-4-9-19(20(11-16)35-18-7-8-18)21-13-31-23(36-21)14-1-5-17(6-2-14)34-24(29)33/h3-4,9-14,17-18H,1-2,5-8H2,(H2,29,33)(H,30,32). The summed E-state index contributed by atoms with van der Waals surface area (Å²) in [6, 6.07) is 8.34. The van der Waals surface area contributed by atoms with Gasteiger partial charge in [0.15, 0.2) is 0 Å². The fraction of sp³-hybridized carbons (Fsp3) is 0.400. The zero-order chi connectivity index (χ0) is 25.3. The highest BCUT2D eigenvalue weighted by Gasteiger charge is 2.31. The van der Waals surface area contributed by atoms with Crippen LogP contribution in [0.3, 0.4) is 0 Å². The number of thiazole rings is 1. The van der Waals surface area contributed by atoms with Crippen molar-refractivity contribution in [2.45, 2.75) is 66.9 Å². The highest BCUT2D eigenvalue weighted by Crippen LogP contribution is 2.46. The average molecular weight is 535 g/mol. The molecule has 0 saturated heterocycles. The van der Waals surface area contributed by atoms with E-state index in [0.29, 0.717) is 17.0 Å². The summed E-state index contributed by atoms with van der Waals surface area (Å²) in [5.74, 6) is 0.691. The smallest absolute Gasteiger partial charge is 0.417 e. The number of benzene rings is 1. The van der Waals surface area contributed by atoms with Gasteiger partial charge in [0.05, 0.1) is 15.4 Å². The Labute approximate surface area is 214 Å². The summed E-state index contributed by atoms with van der Waals surface area (Å²) in [7, 11) is 0. The molecule has 5 rings (SSSR count). The van der Waals surface area contributed by atoms with Gasteiger partial charge in [0, 0.05) is 39.7 Å². The first kappa shape index (κ1) is 24.9. The second-order valence-electron chi connectivity index (χ2n) is 9.06. The lowest BCUT2D eigenvalue weighted by molar-refractivity contribution is -0.137. The number of carbonyl (C=O) groups excluding carboxylic acids is 1. The van der Waals surface area contributed by atoms with Crippen molar-refractivity contribution >= 4 is 40.7 Å². The Morgan fingerprint density at radius 2 is 1.83 bits per heavy atom. The Balaban J connectivity index is 1.31. The Bertz CT molecular complexity index is 1220. The molecule has 0 spiro atoms. The molecule has 0 bridgehead atoms. The molecule has 36 heavy (non-hydrogen) atoms. The fourth-order valence-corrected chi connectivity index (χ4v) is 6.66. The number of carbonyl (C=O) groups is 1. The summed E-state index contributed by atoms with van der Waals surface area (Å²) in [5, 5.41) is 4.79. The topological polar surface area (TPSA) is 90.1 Å². The minimum absolute atomic E-state index is 0.112. The molecule has 2 aliphatic rings. The molecular weight excluding hydrogens is 509 g/mol. The predicted molar refractivity (Wildman–Crippen MR) is 135 cm³/mol. The van der Waals surface area contributed by atoms with Gasteiger partial charge in [-0.25, -0.2) is 14.8 Å². The summed E-state index contributed by atoms with van der Waals surface area (Å²) < 4.78 is 43.6. The van der Waals surface area contributed by atoms with Gasteiger partial charge in [0.1, 0.15) is 11.9 Å². The van der Waals surface area contributed by atoms with Crippen molar-refractivity contribution in [3.8, 4) is 10.4 Å². The normalized spacial score (nSPS) is 20.2. The van der Waals surface area contributed by atoms with E-state index in [1.54, 1.807) is 11.3 Å². The first-order valence-electron chi connectivity index (χ1n) is 11.8. The largest absolute Gasteiger partial charge is 0.446 e. The second kappa shape index (κ2) is 10.3. The number of pyridine rings is 1. The number of anilines is 2. The summed E-state index contributed by atoms with van der Waals surface area (Å²) >= 11 is 3.51. The van der Waals surface area contributed by atoms with E-state index in [-0.39, 0.29) is 6.10 Å². The van der Waals surface area contributed by atoms with E-state index in [1.807, 2.05) is 36.2 Å². The third-order valence-corrected chi connectivity index (χ3v) is 8.85. The van der Waals surface area contributed by atoms with Gasteiger partial charge < -0.3 is 15.8 Å². The van der Waals surface area contributed by atoms with Crippen LogP contribution in [0.25, 0.3) is 10.4 Å². The Morgan fingerprint density at radius 1 is 1.06 bits per heavy atom. The van der Waals surface area contributed by atoms with Crippen LogP contribution < -0.4 is 11.1 Å². The summed E-state index contributed by atoms with van der Waals surface area (Å²) in [6.07, 6.45) is 3.22. The molecule has 0 atom stereocenters. The van der Waals surface area contributed by atoms with E-state index in [1.165, 1.54) is 18.9 Å². The van der Waals surface area contributed by atoms with Gasteiger partial charge in [-0.1, -0.05) is 6.07 Å². The van der Waals surface area contributed by atoms with Crippen LogP contribution in [0.4, 0.5) is 29.5 Å². The molecule has 2 fully saturated rings. The highest BCUT2D eigenvalue weighted by molar-refractivity contribution is 8.00. The summed E-state index contributed by atoms with van der Waals surface area (Å²) in [4.78, 5) is 21.8. The molecule has 2 aliphatic carbocycles. The molecule has 0 radical (unpaired) electrons. The molecule has 6 nitrogen and oxygen atoms in total. The van der Waals surface area contributed by atoms with E-state index in [9.17, 15) is 18.0 Å². The molecule has 3 aromatic rings. The van der Waals surface area contributed by atoms with Crippen molar-refractivity contribution in [1.29, 1.82) is 0 Å². The molecule has 0 unspecified atom stereocenters. The molecule has 1 aromatic carbocycles. The number of thioether (sulfide) groups is 1. The maximum Gasteiger partial charge on any atom is 0.417 e. The van der Waals surface area contributed by atoms with E-state index in [2.05, 4.69) is 10.3 Å². The van der Waals surface area contributed by atoms with Gasteiger partial charge in [-0.3, -0.25) is 0 Å². The summed E-state index contributed by atoms with van der Waals surface area (Å²) in [5.41, 5.74) is 6.24. The van der Waals surface area contributed by atoms with E-state index >= 15 is 0 Å². The minimum Gasteiger partial charge on any atom is -0.446 e. The minimum atomic E-state index is -4.41. The maximum atomic E-state index is 12.8. The van der Waals surface area contributed by atoms with Gasteiger partial charge in [-0.05, 0) is 62.8 Å². The SMILES string of the molecule is NC(=O)OC1CCC(c2ncc(-c3ccc(Nc4ccc(C(F)(F)F)cn4)cc3SC3CC3)s2)CC1. The molecule has 2 aromatic heterocycles. The number of ether oxygens (including phenoxy) is 1. The second-order valence-corrected chi connectivity index (χ2v) is 11.5. The zero-order valence-corrected chi connectivity index (χ0v) is 20.9. The average Bonchev–Trinajstić information content (AvgIpc) is 3.51. The number of aromatic nitrogens is 2. The number of nitrogens with one attached hydrogen (secondary N) is 1. The molecule has 11 heteroatoms. The lowest BCUT2D eigenvalue weighted by Gasteiger charge is -2.26. The molecule has 0 aliphatic heterocycles. The monoisotopic (exact) mass is 534 g/mol. The van der Waals surface area contributed by atoms with Crippen molar-refractivity contribution in [3.05, 3.63) is 53.3 Å². The van der Waals surface area contributed by atoms with Crippen molar-refractivity contribution < 1.29 is 22.7 Å². The van der Waals surface area contributed by atoms with Crippen LogP contribution in [0, 0.1) is 0 Å². The van der Waals surface area contributed by atoms with Crippen LogP contribution in [0.15, 0.2) is 47.6 Å². The molecule has 1 amide bonds. The van der Waals surface area contributed by atoms with Crippen molar-refractivity contribution in [2.24, 2.45) is 5.73 Å². The van der Waals surface area contributed by atoms with Crippen LogP contribution in [0.5, 0.6) is 0 Å². The first-order valence-corrected chi connectivity index (χ1v) is 13.5. The molecule has 2 heterocycles. The molecule has 3 N–H and O–H groups in total. The van der Waals surface area contributed by atoms with Gasteiger partial charge in [-0.15, -0.1) is 23.1 Å². The number of hydrogen-bond acceptors (Lipinski definition) is 7. The van der Waals surface area contributed by atoms with Gasteiger partial charge >= 0.3 is 12.3 Å². The fourth-order valence-electron chi connectivity index (χ4n) is 4.24. The number of halogens is 3. The van der Waals surface area contributed by atoms with Crippen LogP contribution in [0.2, 0.25) is 0 Å². The quantitative estimate of drug-likeness (QED) is 0.330. The van der Waals surface area contributed by atoms with Crippen molar-refractivity contribution in [2.75, 3.05) is 5.32 Å². The van der Waals surface area contributed by atoms with Crippen LogP contribution in [0.1, 0.15) is 55.0 Å². The van der Waals surface area contributed by atoms with Crippen LogP contribution in [-0.4, -0.2) is 27.4 Å².